The van der Waals surface area contributed by atoms with E-state index < -0.39 is 0 Å². The van der Waals surface area contributed by atoms with Crippen LogP contribution in [0.25, 0.3) is 0 Å². The molecular formula is C15H25ClN2O. The second kappa shape index (κ2) is 7.25. The first kappa shape index (κ1) is 16.4. The number of benzene rings is 1. The molecule has 0 spiro atoms. The number of aryl methyl sites for hydroxylation is 1. The van der Waals surface area contributed by atoms with Crippen molar-refractivity contribution < 1.29 is 4.74 Å². The highest BCUT2D eigenvalue weighted by Crippen LogP contribution is 2.26. The molecule has 3 N–H and O–H groups in total. The summed E-state index contributed by atoms with van der Waals surface area (Å²) in [6, 6.07) is 6.13. The average Bonchev–Trinajstić information content (AvgIpc) is 2.38. The number of hydrogen-bond acceptors (Lipinski definition) is 3. The minimum Gasteiger partial charge on any atom is -0.374 e. The van der Waals surface area contributed by atoms with Crippen LogP contribution in [0.3, 0.4) is 0 Å². The van der Waals surface area contributed by atoms with E-state index in [1.165, 1.54) is 0 Å². The predicted molar refractivity (Wildman–Crippen MR) is 81.3 cm³/mol. The molecule has 0 aliphatic carbocycles. The van der Waals surface area contributed by atoms with Gasteiger partial charge in [0.2, 0.25) is 0 Å². The topological polar surface area (TPSA) is 47.3 Å². The van der Waals surface area contributed by atoms with E-state index in [0.29, 0.717) is 6.61 Å². The van der Waals surface area contributed by atoms with Crippen LogP contribution >= 0.6 is 11.6 Å². The van der Waals surface area contributed by atoms with Crippen LogP contribution in [-0.2, 0) is 11.2 Å². The Morgan fingerprint density at radius 2 is 2.11 bits per heavy atom. The lowest BCUT2D eigenvalue weighted by Gasteiger charge is -2.36. The molecule has 0 fully saturated rings. The fourth-order valence-electron chi connectivity index (χ4n) is 2.27. The van der Waals surface area contributed by atoms with E-state index in [0.717, 1.165) is 29.0 Å². The van der Waals surface area contributed by atoms with Gasteiger partial charge in [-0.25, -0.2) is 0 Å². The Bertz CT molecular complexity index is 411. The van der Waals surface area contributed by atoms with Gasteiger partial charge in [-0.05, 0) is 50.8 Å². The fraction of sp³-hybridized carbons (Fsp3) is 0.600. The molecule has 2 atom stereocenters. The predicted octanol–water partition coefficient (Wildman–Crippen LogP) is 3.23. The number of nitrogens with two attached hydrogens (primary N) is 1. The van der Waals surface area contributed by atoms with Crippen molar-refractivity contribution in [2.75, 3.05) is 6.61 Å². The molecule has 0 heterocycles. The van der Waals surface area contributed by atoms with Crippen molar-refractivity contribution in [1.29, 1.82) is 0 Å². The molecular weight excluding hydrogens is 260 g/mol. The van der Waals surface area contributed by atoms with Crippen molar-refractivity contribution in [3.05, 3.63) is 34.3 Å². The molecule has 3 nitrogen and oxygen atoms in total. The van der Waals surface area contributed by atoms with Crippen molar-refractivity contribution in [2.45, 2.75) is 52.2 Å². The zero-order chi connectivity index (χ0) is 14.5. The van der Waals surface area contributed by atoms with Crippen molar-refractivity contribution in [3.8, 4) is 0 Å². The van der Waals surface area contributed by atoms with E-state index in [1.807, 2.05) is 19.9 Å². The maximum atomic E-state index is 6.29. The van der Waals surface area contributed by atoms with Crippen LogP contribution in [-0.4, -0.2) is 18.2 Å². The van der Waals surface area contributed by atoms with Crippen molar-refractivity contribution in [2.24, 2.45) is 5.84 Å². The van der Waals surface area contributed by atoms with E-state index >= 15 is 0 Å². The molecule has 0 aromatic heterocycles. The maximum Gasteiger partial charge on any atom is 0.0820 e. The maximum absolute atomic E-state index is 6.29. The van der Waals surface area contributed by atoms with Gasteiger partial charge in [0.05, 0.1) is 11.6 Å². The quantitative estimate of drug-likeness (QED) is 0.597. The van der Waals surface area contributed by atoms with Gasteiger partial charge in [0.25, 0.3) is 0 Å². The second-order valence-electron chi connectivity index (χ2n) is 5.12. The lowest BCUT2D eigenvalue weighted by Crippen LogP contribution is -2.54. The van der Waals surface area contributed by atoms with Crippen LogP contribution in [0.2, 0.25) is 5.02 Å². The third kappa shape index (κ3) is 4.18. The molecule has 0 saturated heterocycles. The molecule has 19 heavy (non-hydrogen) atoms. The largest absolute Gasteiger partial charge is 0.374 e. The number of nitrogens with one attached hydrogen (secondary N) is 1. The minimum absolute atomic E-state index is 0.0256. The zero-order valence-corrected chi connectivity index (χ0v) is 13.1. The van der Waals surface area contributed by atoms with Gasteiger partial charge in [0.1, 0.15) is 0 Å². The number of ether oxygens (including phenoxy) is 1. The number of hydrazine groups is 1. The molecule has 108 valence electrons. The molecule has 1 rings (SSSR count). The number of rotatable bonds is 7. The average molecular weight is 285 g/mol. The van der Waals surface area contributed by atoms with Gasteiger partial charge in [0, 0.05) is 11.6 Å². The molecule has 0 radical (unpaired) electrons. The van der Waals surface area contributed by atoms with E-state index in [4.69, 9.17) is 22.2 Å². The molecule has 0 bridgehead atoms. The normalized spacial score (nSPS) is 16.1. The smallest absolute Gasteiger partial charge is 0.0820 e. The van der Waals surface area contributed by atoms with Gasteiger partial charge in [0.15, 0.2) is 0 Å². The van der Waals surface area contributed by atoms with Crippen molar-refractivity contribution in [1.82, 2.24) is 5.43 Å². The van der Waals surface area contributed by atoms with E-state index in [1.54, 1.807) is 0 Å². The standard InChI is InChI=1S/C15H25ClN2O/c1-5-15(4,19-6-2)14(18-17)10-12-8-7-11(3)9-13(12)16/h7-9,14,18H,5-6,10,17H2,1-4H3. The number of halogens is 1. The van der Waals surface area contributed by atoms with Crippen molar-refractivity contribution >= 4 is 11.6 Å². The summed E-state index contributed by atoms with van der Waals surface area (Å²) in [6.45, 7) is 8.90. The summed E-state index contributed by atoms with van der Waals surface area (Å²) in [5.41, 5.74) is 4.84. The first-order chi connectivity index (χ1) is 8.96. The highest BCUT2D eigenvalue weighted by Gasteiger charge is 2.33. The van der Waals surface area contributed by atoms with E-state index in [-0.39, 0.29) is 11.6 Å². The summed E-state index contributed by atoms with van der Waals surface area (Å²) in [5, 5.41) is 0.787. The fourth-order valence-corrected chi connectivity index (χ4v) is 2.58. The van der Waals surface area contributed by atoms with Crippen LogP contribution in [0.4, 0.5) is 0 Å². The van der Waals surface area contributed by atoms with Gasteiger partial charge in [-0.15, -0.1) is 0 Å². The Kier molecular flexibility index (Phi) is 6.27. The highest BCUT2D eigenvalue weighted by molar-refractivity contribution is 6.31. The van der Waals surface area contributed by atoms with Crippen LogP contribution in [0.15, 0.2) is 18.2 Å². The van der Waals surface area contributed by atoms with Crippen LogP contribution in [0.5, 0.6) is 0 Å². The summed E-state index contributed by atoms with van der Waals surface area (Å²) < 4.78 is 5.88. The first-order valence-electron chi connectivity index (χ1n) is 6.82. The summed E-state index contributed by atoms with van der Waals surface area (Å²) in [7, 11) is 0. The summed E-state index contributed by atoms with van der Waals surface area (Å²) >= 11 is 6.29. The summed E-state index contributed by atoms with van der Waals surface area (Å²) in [6.07, 6.45) is 1.64. The molecule has 2 unspecified atom stereocenters. The molecule has 1 aromatic carbocycles. The molecule has 0 aliphatic heterocycles. The van der Waals surface area contributed by atoms with Crippen LogP contribution in [0.1, 0.15) is 38.3 Å². The molecule has 4 heteroatoms. The Balaban J connectivity index is 2.92. The monoisotopic (exact) mass is 284 g/mol. The number of hydrogen-bond donors (Lipinski definition) is 2. The highest BCUT2D eigenvalue weighted by atomic mass is 35.5. The Labute approximate surface area is 121 Å². The van der Waals surface area contributed by atoms with E-state index in [9.17, 15) is 0 Å². The van der Waals surface area contributed by atoms with E-state index in [2.05, 4.69) is 31.4 Å². The van der Waals surface area contributed by atoms with Gasteiger partial charge in [-0.2, -0.15) is 0 Å². The Morgan fingerprint density at radius 1 is 1.42 bits per heavy atom. The molecule has 1 aromatic rings. The Morgan fingerprint density at radius 3 is 2.58 bits per heavy atom. The molecule has 0 saturated carbocycles. The van der Waals surface area contributed by atoms with Crippen molar-refractivity contribution in [3.63, 3.8) is 0 Å². The lowest BCUT2D eigenvalue weighted by molar-refractivity contribution is -0.0550. The third-order valence-corrected chi connectivity index (χ3v) is 4.10. The van der Waals surface area contributed by atoms with Gasteiger partial charge < -0.3 is 4.74 Å². The van der Waals surface area contributed by atoms with Crippen LogP contribution in [0, 0.1) is 6.92 Å². The third-order valence-electron chi connectivity index (χ3n) is 3.75. The van der Waals surface area contributed by atoms with Gasteiger partial charge in [-0.1, -0.05) is 30.7 Å². The molecule has 0 amide bonds. The molecule has 0 aliphatic rings. The zero-order valence-electron chi connectivity index (χ0n) is 12.3. The summed E-state index contributed by atoms with van der Waals surface area (Å²) in [4.78, 5) is 0. The lowest BCUT2D eigenvalue weighted by atomic mass is 9.88. The first-order valence-corrected chi connectivity index (χ1v) is 7.19. The minimum atomic E-state index is -0.294. The summed E-state index contributed by atoms with van der Waals surface area (Å²) in [5.74, 6) is 5.72. The van der Waals surface area contributed by atoms with Gasteiger partial charge >= 0.3 is 0 Å². The van der Waals surface area contributed by atoms with Gasteiger partial charge in [-0.3, -0.25) is 11.3 Å². The Hall–Kier alpha value is -0.610. The SMILES string of the molecule is CCOC(C)(CC)C(Cc1ccc(C)cc1Cl)NN. The second-order valence-corrected chi connectivity index (χ2v) is 5.52. The van der Waals surface area contributed by atoms with Crippen LogP contribution < -0.4 is 11.3 Å².